The minimum absolute atomic E-state index is 0.210. The number of thiophene rings is 1. The van der Waals surface area contributed by atoms with Crippen LogP contribution >= 0.6 is 11.3 Å². The summed E-state index contributed by atoms with van der Waals surface area (Å²) in [4.78, 5) is 32.7. The highest BCUT2D eigenvalue weighted by molar-refractivity contribution is 7.11. The number of carbonyl (C=O) groups excluding carboxylic acids is 2. The third kappa shape index (κ3) is 3.38. The molecule has 0 atom stereocenters. The zero-order chi connectivity index (χ0) is 20.5. The van der Waals surface area contributed by atoms with E-state index in [1.807, 2.05) is 17.5 Å². The van der Waals surface area contributed by atoms with Gasteiger partial charge in [-0.3, -0.25) is 14.5 Å². The van der Waals surface area contributed by atoms with Crippen LogP contribution in [0.15, 0.2) is 54.1 Å². The van der Waals surface area contributed by atoms with Crippen molar-refractivity contribution in [3.05, 3.63) is 70.1 Å². The predicted molar refractivity (Wildman–Crippen MR) is 118 cm³/mol. The summed E-state index contributed by atoms with van der Waals surface area (Å²) >= 11 is 1.49. The lowest BCUT2D eigenvalue weighted by molar-refractivity contribution is -0.136. The molecule has 0 N–H and O–H groups in total. The molecule has 6 heteroatoms. The average Bonchev–Trinajstić information content (AvgIpc) is 3.33. The van der Waals surface area contributed by atoms with Crippen molar-refractivity contribution in [3.63, 3.8) is 0 Å². The molecule has 0 spiro atoms. The number of amides is 2. The highest BCUT2D eigenvalue weighted by Gasteiger charge is 2.42. The van der Waals surface area contributed by atoms with Crippen LogP contribution in [0.3, 0.4) is 0 Å². The maximum absolute atomic E-state index is 13.1. The van der Waals surface area contributed by atoms with Crippen molar-refractivity contribution in [2.45, 2.75) is 13.8 Å². The summed E-state index contributed by atoms with van der Waals surface area (Å²) in [6, 6.07) is 10.2. The van der Waals surface area contributed by atoms with Gasteiger partial charge >= 0.3 is 0 Å². The van der Waals surface area contributed by atoms with Crippen LogP contribution < -0.4 is 4.90 Å². The van der Waals surface area contributed by atoms with Gasteiger partial charge in [-0.25, -0.2) is 0 Å². The summed E-state index contributed by atoms with van der Waals surface area (Å²) in [5.41, 5.74) is 4.90. The molecule has 0 aliphatic carbocycles. The summed E-state index contributed by atoms with van der Waals surface area (Å²) in [5.74, 6) is -0.428. The number of benzene rings is 1. The molecule has 3 heterocycles. The molecule has 150 valence electrons. The molecule has 5 nitrogen and oxygen atoms in total. The molecular weight excluding hydrogens is 382 g/mol. The molecular formula is C23H25N3O2S. The Balaban J connectivity index is 1.61. The van der Waals surface area contributed by atoms with Gasteiger partial charge in [0.15, 0.2) is 0 Å². The monoisotopic (exact) mass is 407 g/mol. The highest BCUT2D eigenvalue weighted by atomic mass is 32.1. The second-order valence-electron chi connectivity index (χ2n) is 7.40. The topological polar surface area (TPSA) is 43.9 Å². The largest absolute Gasteiger partial charge is 0.368 e. The molecule has 29 heavy (non-hydrogen) atoms. The Labute approximate surface area is 175 Å². The van der Waals surface area contributed by atoms with Gasteiger partial charge in [0.25, 0.3) is 11.8 Å². The molecule has 0 saturated carbocycles. The standard InChI is InChI=1S/C23H25N3O2S/c1-4-10-26-22(27)20(19-9-6-15-29-19)21(23(26)28)25-13-11-24(12-14-25)18-8-5-7-16(2)17(18)3/h4-9,15H,1,10-14H2,2-3H3. The Morgan fingerprint density at radius 3 is 2.38 bits per heavy atom. The third-order valence-electron chi connectivity index (χ3n) is 5.74. The van der Waals surface area contributed by atoms with Gasteiger partial charge in [0, 0.05) is 43.3 Å². The van der Waals surface area contributed by atoms with Crippen molar-refractivity contribution in [2.24, 2.45) is 0 Å². The second-order valence-corrected chi connectivity index (χ2v) is 8.35. The minimum Gasteiger partial charge on any atom is -0.368 e. The Kier molecular flexibility index (Phi) is 5.28. The van der Waals surface area contributed by atoms with Crippen LogP contribution in [0.4, 0.5) is 5.69 Å². The van der Waals surface area contributed by atoms with Gasteiger partial charge in [0.2, 0.25) is 0 Å². The van der Waals surface area contributed by atoms with Crippen LogP contribution in [0.1, 0.15) is 16.0 Å². The Hall–Kier alpha value is -2.86. The van der Waals surface area contributed by atoms with Crippen LogP contribution in [0.2, 0.25) is 0 Å². The van der Waals surface area contributed by atoms with Gasteiger partial charge in [-0.15, -0.1) is 17.9 Å². The van der Waals surface area contributed by atoms with E-state index in [2.05, 4.69) is 48.4 Å². The van der Waals surface area contributed by atoms with Crippen LogP contribution in [-0.4, -0.2) is 54.3 Å². The molecule has 0 unspecified atom stereocenters. The molecule has 2 amide bonds. The first-order valence-corrected chi connectivity index (χ1v) is 10.7. The van der Waals surface area contributed by atoms with E-state index in [4.69, 9.17) is 0 Å². The van der Waals surface area contributed by atoms with Crippen molar-refractivity contribution in [3.8, 4) is 0 Å². The SMILES string of the molecule is C=CCN1C(=O)C(c2cccs2)=C(N2CCN(c3cccc(C)c3C)CC2)C1=O. The van der Waals surface area contributed by atoms with Gasteiger partial charge < -0.3 is 9.80 Å². The van der Waals surface area contributed by atoms with Gasteiger partial charge in [-0.1, -0.05) is 24.3 Å². The van der Waals surface area contributed by atoms with Crippen LogP contribution in [-0.2, 0) is 9.59 Å². The highest BCUT2D eigenvalue weighted by Crippen LogP contribution is 2.35. The molecule has 1 aromatic carbocycles. The van der Waals surface area contributed by atoms with E-state index < -0.39 is 0 Å². The number of hydrogen-bond acceptors (Lipinski definition) is 5. The van der Waals surface area contributed by atoms with Crippen molar-refractivity contribution in [2.75, 3.05) is 37.6 Å². The first-order valence-electron chi connectivity index (χ1n) is 9.84. The van der Waals surface area contributed by atoms with E-state index in [0.717, 1.165) is 18.0 Å². The van der Waals surface area contributed by atoms with Gasteiger partial charge in [-0.05, 0) is 42.5 Å². The van der Waals surface area contributed by atoms with E-state index >= 15 is 0 Å². The Morgan fingerprint density at radius 2 is 1.72 bits per heavy atom. The van der Waals surface area contributed by atoms with E-state index in [-0.39, 0.29) is 18.4 Å². The van der Waals surface area contributed by atoms with Gasteiger partial charge in [-0.2, -0.15) is 0 Å². The molecule has 0 radical (unpaired) electrons. The van der Waals surface area contributed by atoms with Crippen LogP contribution in [0, 0.1) is 13.8 Å². The summed E-state index contributed by atoms with van der Waals surface area (Å²) < 4.78 is 0. The maximum atomic E-state index is 13.1. The number of anilines is 1. The average molecular weight is 408 g/mol. The number of nitrogens with zero attached hydrogens (tertiary/aromatic N) is 3. The molecule has 2 aliphatic rings. The van der Waals surface area contributed by atoms with E-state index in [9.17, 15) is 9.59 Å². The number of rotatable bonds is 5. The Morgan fingerprint density at radius 1 is 1.00 bits per heavy atom. The third-order valence-corrected chi connectivity index (χ3v) is 6.62. The number of aryl methyl sites for hydroxylation is 1. The first kappa shape index (κ1) is 19.5. The number of piperazine rings is 1. The molecule has 1 fully saturated rings. The summed E-state index contributed by atoms with van der Waals surface area (Å²) in [6.07, 6.45) is 1.60. The summed E-state index contributed by atoms with van der Waals surface area (Å²) in [5, 5.41) is 1.94. The molecule has 4 rings (SSSR count). The number of hydrogen-bond donors (Lipinski definition) is 0. The second kappa shape index (κ2) is 7.87. The molecule has 2 aliphatic heterocycles. The summed E-state index contributed by atoms with van der Waals surface area (Å²) in [7, 11) is 0. The van der Waals surface area contributed by atoms with Gasteiger partial charge in [0.1, 0.15) is 5.70 Å². The maximum Gasteiger partial charge on any atom is 0.278 e. The van der Waals surface area contributed by atoms with E-state index in [1.54, 1.807) is 6.08 Å². The fourth-order valence-electron chi connectivity index (χ4n) is 4.04. The fraction of sp³-hybridized carbons (Fsp3) is 0.304. The van der Waals surface area contributed by atoms with Crippen LogP contribution in [0.5, 0.6) is 0 Å². The van der Waals surface area contributed by atoms with E-state index in [0.29, 0.717) is 24.4 Å². The molecule has 0 bridgehead atoms. The fourth-order valence-corrected chi connectivity index (χ4v) is 4.81. The quantitative estimate of drug-likeness (QED) is 0.563. The van der Waals surface area contributed by atoms with Crippen molar-refractivity contribution >= 4 is 34.4 Å². The zero-order valence-corrected chi connectivity index (χ0v) is 17.7. The van der Waals surface area contributed by atoms with E-state index in [1.165, 1.54) is 33.1 Å². The summed E-state index contributed by atoms with van der Waals surface area (Å²) in [6.45, 7) is 11.3. The van der Waals surface area contributed by atoms with Crippen molar-refractivity contribution < 1.29 is 9.59 Å². The number of carbonyl (C=O) groups is 2. The van der Waals surface area contributed by atoms with Crippen molar-refractivity contribution in [1.29, 1.82) is 0 Å². The Bertz CT molecular complexity index is 986. The molecule has 1 saturated heterocycles. The molecule has 2 aromatic rings. The van der Waals surface area contributed by atoms with Gasteiger partial charge in [0.05, 0.1) is 5.57 Å². The molecule has 1 aromatic heterocycles. The predicted octanol–water partition coefficient (Wildman–Crippen LogP) is 3.45. The normalized spacial score (nSPS) is 17.5. The lowest BCUT2D eigenvalue weighted by Gasteiger charge is -2.38. The minimum atomic E-state index is -0.218. The zero-order valence-electron chi connectivity index (χ0n) is 16.9. The number of imide groups is 1. The first-order chi connectivity index (χ1) is 14.0. The smallest absolute Gasteiger partial charge is 0.278 e. The van der Waals surface area contributed by atoms with Crippen LogP contribution in [0.25, 0.3) is 5.57 Å². The lowest BCUT2D eigenvalue weighted by atomic mass is 10.1. The lowest BCUT2D eigenvalue weighted by Crippen LogP contribution is -2.47. The van der Waals surface area contributed by atoms with Crippen molar-refractivity contribution in [1.82, 2.24) is 9.80 Å².